The van der Waals surface area contributed by atoms with Crippen LogP contribution in [0.5, 0.6) is 0 Å². The Balaban J connectivity index is 2.07. The third-order valence-corrected chi connectivity index (χ3v) is 3.17. The maximum Gasteiger partial charge on any atom is 0.271 e. The van der Waals surface area contributed by atoms with Crippen molar-refractivity contribution in [2.45, 2.75) is 33.6 Å². The van der Waals surface area contributed by atoms with Crippen molar-refractivity contribution in [2.75, 3.05) is 0 Å². The van der Waals surface area contributed by atoms with Crippen LogP contribution in [-0.2, 0) is 0 Å². The summed E-state index contributed by atoms with van der Waals surface area (Å²) < 4.78 is 0. The first-order valence-corrected chi connectivity index (χ1v) is 6.55. The van der Waals surface area contributed by atoms with Crippen LogP contribution in [0.25, 0.3) is 0 Å². The fourth-order valence-corrected chi connectivity index (χ4v) is 2.54. The zero-order chi connectivity index (χ0) is 13.9. The number of carbonyl (C=O) groups excluding carboxylic acids is 1. The topological polar surface area (TPSA) is 41.5 Å². The lowest BCUT2D eigenvalue weighted by molar-refractivity contribution is 0.0954. The summed E-state index contributed by atoms with van der Waals surface area (Å²) in [6.07, 6.45) is 4.04. The second-order valence-electron chi connectivity index (χ2n) is 5.92. The highest BCUT2D eigenvalue weighted by Crippen LogP contribution is 2.33. The molecule has 3 nitrogen and oxygen atoms in total. The first-order chi connectivity index (χ1) is 8.96. The Morgan fingerprint density at radius 1 is 1.21 bits per heavy atom. The zero-order valence-corrected chi connectivity index (χ0v) is 11.7. The van der Waals surface area contributed by atoms with Crippen LogP contribution in [-0.4, -0.2) is 11.6 Å². The predicted molar refractivity (Wildman–Crippen MR) is 78.1 cm³/mol. The number of hydrogen-bond acceptors (Lipinski definition) is 2. The molecule has 1 N–H and O–H groups in total. The van der Waals surface area contributed by atoms with Gasteiger partial charge in [-0.25, -0.2) is 5.43 Å². The van der Waals surface area contributed by atoms with Crippen molar-refractivity contribution in [1.29, 1.82) is 0 Å². The summed E-state index contributed by atoms with van der Waals surface area (Å²) in [5.41, 5.74) is 5.73. The van der Waals surface area contributed by atoms with Crippen molar-refractivity contribution in [2.24, 2.45) is 10.5 Å². The van der Waals surface area contributed by atoms with Gasteiger partial charge in [-0.3, -0.25) is 4.79 Å². The van der Waals surface area contributed by atoms with Gasteiger partial charge in [0.05, 0.1) is 5.71 Å². The van der Waals surface area contributed by atoms with Gasteiger partial charge < -0.3 is 0 Å². The molecule has 0 heterocycles. The van der Waals surface area contributed by atoms with Crippen molar-refractivity contribution in [1.82, 2.24) is 5.43 Å². The Bertz CT molecular complexity index is 527. The number of hydrazone groups is 1. The summed E-state index contributed by atoms with van der Waals surface area (Å²) in [4.78, 5) is 11.9. The second kappa shape index (κ2) is 5.39. The second-order valence-corrected chi connectivity index (χ2v) is 5.92. The number of nitrogens with one attached hydrogen (secondary N) is 1. The molecule has 0 bridgehead atoms. The van der Waals surface area contributed by atoms with E-state index in [2.05, 4.69) is 37.4 Å². The summed E-state index contributed by atoms with van der Waals surface area (Å²) in [5, 5.41) is 4.25. The number of rotatable bonds is 2. The van der Waals surface area contributed by atoms with E-state index in [1.165, 1.54) is 5.57 Å². The molecular formula is C16H20N2O. The predicted octanol–water partition coefficient (Wildman–Crippen LogP) is 3.54. The Kier molecular flexibility index (Phi) is 3.84. The summed E-state index contributed by atoms with van der Waals surface area (Å²) in [6.45, 7) is 6.55. The van der Waals surface area contributed by atoms with Crippen molar-refractivity contribution < 1.29 is 4.79 Å². The van der Waals surface area contributed by atoms with Crippen LogP contribution in [0, 0.1) is 5.41 Å². The maximum atomic E-state index is 11.9. The van der Waals surface area contributed by atoms with E-state index in [1.807, 2.05) is 18.2 Å². The van der Waals surface area contributed by atoms with E-state index in [1.54, 1.807) is 12.1 Å². The standard InChI is InChI=1S/C16H20N2O/c1-12-9-14(11-16(2,3)10-12)17-18-15(19)13-7-5-4-6-8-13/h4-9H,10-11H2,1-3H3,(H,18,19)/b17-14-. The van der Waals surface area contributed by atoms with Crippen molar-refractivity contribution in [3.8, 4) is 0 Å². The van der Waals surface area contributed by atoms with Crippen molar-refractivity contribution in [3.63, 3.8) is 0 Å². The van der Waals surface area contributed by atoms with E-state index in [-0.39, 0.29) is 11.3 Å². The van der Waals surface area contributed by atoms with E-state index in [9.17, 15) is 4.79 Å². The zero-order valence-electron chi connectivity index (χ0n) is 11.7. The number of benzene rings is 1. The van der Waals surface area contributed by atoms with Gasteiger partial charge in [0, 0.05) is 5.56 Å². The first kappa shape index (κ1) is 13.5. The van der Waals surface area contributed by atoms with Gasteiger partial charge in [0.2, 0.25) is 0 Å². The molecule has 1 aliphatic carbocycles. The molecule has 2 rings (SSSR count). The molecule has 0 saturated carbocycles. The normalized spacial score (nSPS) is 19.9. The van der Waals surface area contributed by atoms with E-state index in [0.717, 1.165) is 18.6 Å². The Labute approximate surface area is 114 Å². The first-order valence-electron chi connectivity index (χ1n) is 6.55. The van der Waals surface area contributed by atoms with Gasteiger partial charge in [-0.05, 0) is 43.4 Å². The summed E-state index contributed by atoms with van der Waals surface area (Å²) >= 11 is 0. The summed E-state index contributed by atoms with van der Waals surface area (Å²) in [7, 11) is 0. The van der Waals surface area contributed by atoms with Gasteiger partial charge in [0.25, 0.3) is 5.91 Å². The number of nitrogens with zero attached hydrogens (tertiary/aromatic N) is 1. The third kappa shape index (κ3) is 3.78. The average Bonchev–Trinajstić information content (AvgIpc) is 2.34. The lowest BCUT2D eigenvalue weighted by atomic mass is 9.77. The smallest absolute Gasteiger partial charge is 0.267 e. The maximum absolute atomic E-state index is 11.9. The van der Waals surface area contributed by atoms with Gasteiger partial charge in [-0.1, -0.05) is 37.6 Å². The molecule has 1 aromatic rings. The van der Waals surface area contributed by atoms with Crippen LogP contribution in [0.3, 0.4) is 0 Å². The molecule has 19 heavy (non-hydrogen) atoms. The monoisotopic (exact) mass is 256 g/mol. The van der Waals surface area contributed by atoms with Gasteiger partial charge in [0.1, 0.15) is 0 Å². The highest BCUT2D eigenvalue weighted by Gasteiger charge is 2.24. The molecule has 0 atom stereocenters. The summed E-state index contributed by atoms with van der Waals surface area (Å²) in [5.74, 6) is -0.164. The molecular weight excluding hydrogens is 236 g/mol. The molecule has 0 aromatic heterocycles. The Morgan fingerprint density at radius 3 is 2.53 bits per heavy atom. The fraction of sp³-hybridized carbons (Fsp3) is 0.375. The number of allylic oxidation sites excluding steroid dienone is 2. The number of amides is 1. The molecule has 1 aliphatic rings. The van der Waals surface area contributed by atoms with E-state index >= 15 is 0 Å². The van der Waals surface area contributed by atoms with Crippen molar-refractivity contribution in [3.05, 3.63) is 47.5 Å². The SMILES string of the molecule is CC1=C/C(=N/NC(=O)c2ccccc2)CC(C)(C)C1. The van der Waals surface area contributed by atoms with Gasteiger partial charge in [-0.2, -0.15) is 5.10 Å². The highest BCUT2D eigenvalue weighted by atomic mass is 16.2. The molecule has 1 amide bonds. The molecule has 0 spiro atoms. The molecule has 0 radical (unpaired) electrons. The quantitative estimate of drug-likeness (QED) is 0.808. The van der Waals surface area contributed by atoms with Crippen LogP contribution in [0.2, 0.25) is 0 Å². The third-order valence-electron chi connectivity index (χ3n) is 3.17. The van der Waals surface area contributed by atoms with Crippen LogP contribution < -0.4 is 5.43 Å². The molecule has 0 saturated heterocycles. The van der Waals surface area contributed by atoms with E-state index in [4.69, 9.17) is 0 Å². The van der Waals surface area contributed by atoms with Gasteiger partial charge in [-0.15, -0.1) is 0 Å². The number of carbonyl (C=O) groups is 1. The fourth-order valence-electron chi connectivity index (χ4n) is 2.54. The lowest BCUT2D eigenvalue weighted by Gasteiger charge is -2.29. The molecule has 3 heteroatoms. The summed E-state index contributed by atoms with van der Waals surface area (Å²) in [6, 6.07) is 9.13. The van der Waals surface area contributed by atoms with Crippen LogP contribution >= 0.6 is 0 Å². The molecule has 0 aliphatic heterocycles. The molecule has 0 unspecified atom stereocenters. The van der Waals surface area contributed by atoms with Crippen LogP contribution in [0.15, 0.2) is 47.1 Å². The average molecular weight is 256 g/mol. The minimum absolute atomic E-state index is 0.164. The highest BCUT2D eigenvalue weighted by molar-refractivity contribution is 5.99. The Morgan fingerprint density at radius 2 is 1.89 bits per heavy atom. The van der Waals surface area contributed by atoms with Crippen LogP contribution in [0.4, 0.5) is 0 Å². The van der Waals surface area contributed by atoms with Gasteiger partial charge >= 0.3 is 0 Å². The minimum Gasteiger partial charge on any atom is -0.267 e. The number of hydrogen-bond donors (Lipinski definition) is 1. The minimum atomic E-state index is -0.164. The van der Waals surface area contributed by atoms with E-state index in [0.29, 0.717) is 5.56 Å². The molecule has 0 fully saturated rings. The van der Waals surface area contributed by atoms with E-state index < -0.39 is 0 Å². The molecule has 100 valence electrons. The lowest BCUT2D eigenvalue weighted by Crippen LogP contribution is -2.25. The Hall–Kier alpha value is -1.90. The van der Waals surface area contributed by atoms with Gasteiger partial charge in [0.15, 0.2) is 0 Å². The van der Waals surface area contributed by atoms with Crippen molar-refractivity contribution >= 4 is 11.6 Å². The largest absolute Gasteiger partial charge is 0.271 e. The van der Waals surface area contributed by atoms with Crippen LogP contribution in [0.1, 0.15) is 44.0 Å². The molecule has 1 aromatic carbocycles.